The van der Waals surface area contributed by atoms with Crippen molar-refractivity contribution in [1.82, 2.24) is 15.3 Å². The first kappa shape index (κ1) is 31.0. The molecule has 38 heavy (non-hydrogen) atoms. The molecule has 0 saturated carbocycles. The molecule has 9 heteroatoms. The predicted molar refractivity (Wildman–Crippen MR) is 154 cm³/mol. The van der Waals surface area contributed by atoms with Crippen LogP contribution in [0.3, 0.4) is 0 Å². The van der Waals surface area contributed by atoms with E-state index in [2.05, 4.69) is 27.5 Å². The number of carbonyl (C=O) groups excluding carboxylic acids is 1. The van der Waals surface area contributed by atoms with Gasteiger partial charge in [-0.3, -0.25) is 25.2 Å². The number of nitrogens with zero attached hydrogens (tertiary/aromatic N) is 2. The number of aromatic amines is 1. The molecule has 210 valence electrons. The molecule has 0 radical (unpaired) electrons. The largest absolute Gasteiger partial charge is 0.338 e. The van der Waals surface area contributed by atoms with Crippen molar-refractivity contribution in [1.29, 1.82) is 0 Å². The van der Waals surface area contributed by atoms with Gasteiger partial charge < -0.3 is 5.32 Å². The van der Waals surface area contributed by atoms with Crippen LogP contribution in [0.25, 0.3) is 11.3 Å². The highest BCUT2D eigenvalue weighted by atomic mass is 16.6. The second-order valence-electron chi connectivity index (χ2n) is 9.97. The summed E-state index contributed by atoms with van der Waals surface area (Å²) in [6, 6.07) is 6.56. The number of nitrogens with one attached hydrogen (secondary N) is 3. The van der Waals surface area contributed by atoms with Crippen LogP contribution >= 0.6 is 0 Å². The molecule has 1 aromatic heterocycles. The van der Waals surface area contributed by atoms with Crippen molar-refractivity contribution in [2.24, 2.45) is 0 Å². The maximum Gasteiger partial charge on any atom is 0.321 e. The molecule has 1 aromatic carbocycles. The van der Waals surface area contributed by atoms with Crippen molar-refractivity contribution in [3.8, 4) is 11.3 Å². The Morgan fingerprint density at radius 2 is 1.34 bits per heavy atom. The highest BCUT2D eigenvalue weighted by Gasteiger charge is 2.10. The molecular formula is C29H45N5O4. The van der Waals surface area contributed by atoms with Gasteiger partial charge in [-0.1, -0.05) is 103 Å². The molecule has 3 N–H and O–H groups in total. The molecular weight excluding hydrogens is 482 g/mol. The van der Waals surface area contributed by atoms with E-state index in [4.69, 9.17) is 0 Å². The number of H-pyrrole nitrogens is 1. The summed E-state index contributed by atoms with van der Waals surface area (Å²) in [5.74, 6) is 0.0235. The third-order valence-corrected chi connectivity index (χ3v) is 6.66. The van der Waals surface area contributed by atoms with Crippen LogP contribution in [0.4, 0.5) is 16.4 Å². The van der Waals surface area contributed by atoms with Crippen LogP contribution in [0.5, 0.6) is 0 Å². The number of non-ortho nitro benzene ring substituents is 1. The van der Waals surface area contributed by atoms with Gasteiger partial charge in [0.15, 0.2) is 0 Å². The molecule has 0 aliphatic carbocycles. The Morgan fingerprint density at radius 3 is 1.84 bits per heavy atom. The summed E-state index contributed by atoms with van der Waals surface area (Å²) in [7, 11) is 0. The Bertz CT molecular complexity index is 1010. The van der Waals surface area contributed by atoms with Gasteiger partial charge in [-0.15, -0.1) is 0 Å². The fraction of sp³-hybridized carbons (Fsp3) is 0.621. The highest BCUT2D eigenvalue weighted by Crippen LogP contribution is 2.20. The molecule has 0 aliphatic heterocycles. The first-order valence-electron chi connectivity index (χ1n) is 14.4. The molecule has 0 fully saturated rings. The summed E-state index contributed by atoms with van der Waals surface area (Å²) >= 11 is 0. The molecule has 1 heterocycles. The molecule has 0 saturated heterocycles. The number of unbranched alkanes of at least 4 members (excludes halogenated alkanes) is 15. The van der Waals surface area contributed by atoms with Crippen molar-refractivity contribution in [3.05, 3.63) is 50.8 Å². The quantitative estimate of drug-likeness (QED) is 0.0921. The van der Waals surface area contributed by atoms with Crippen LogP contribution in [-0.2, 0) is 0 Å². The van der Waals surface area contributed by atoms with Gasteiger partial charge in [0.05, 0.1) is 10.6 Å². The van der Waals surface area contributed by atoms with Gasteiger partial charge in [0.2, 0.25) is 5.95 Å². The minimum absolute atomic E-state index is 0.0235. The van der Waals surface area contributed by atoms with E-state index in [0.29, 0.717) is 17.8 Å². The van der Waals surface area contributed by atoms with Crippen LogP contribution in [0.1, 0.15) is 110 Å². The maximum atomic E-state index is 12.2. The lowest BCUT2D eigenvalue weighted by atomic mass is 10.0. The fourth-order valence-corrected chi connectivity index (χ4v) is 4.45. The van der Waals surface area contributed by atoms with Gasteiger partial charge in [0, 0.05) is 30.3 Å². The maximum absolute atomic E-state index is 12.2. The Kier molecular flexibility index (Phi) is 15.4. The lowest BCUT2D eigenvalue weighted by Crippen LogP contribution is -2.31. The summed E-state index contributed by atoms with van der Waals surface area (Å²) in [4.78, 5) is 41.2. The van der Waals surface area contributed by atoms with Gasteiger partial charge in [0.25, 0.3) is 11.2 Å². The lowest BCUT2D eigenvalue weighted by Gasteiger charge is -2.08. The number of rotatable bonds is 20. The molecule has 0 atom stereocenters. The SMILES string of the molecule is CCCCCCCCCCCCCCCCCCNC(=O)Nc1nc(-c2ccc([N+](=O)[O-])cc2)cc(=O)[nH]1. The third kappa shape index (κ3) is 13.4. The van der Waals surface area contributed by atoms with Gasteiger partial charge in [-0.05, 0) is 18.6 Å². The van der Waals surface area contributed by atoms with Crippen molar-refractivity contribution in [3.63, 3.8) is 0 Å². The monoisotopic (exact) mass is 527 g/mol. The number of urea groups is 1. The van der Waals surface area contributed by atoms with Crippen molar-refractivity contribution in [2.75, 3.05) is 11.9 Å². The van der Waals surface area contributed by atoms with Crippen molar-refractivity contribution >= 4 is 17.7 Å². The highest BCUT2D eigenvalue weighted by molar-refractivity contribution is 5.87. The molecule has 0 aliphatic rings. The minimum Gasteiger partial charge on any atom is -0.338 e. The molecule has 0 bridgehead atoms. The lowest BCUT2D eigenvalue weighted by molar-refractivity contribution is -0.384. The minimum atomic E-state index is -0.494. The molecule has 2 amide bonds. The second kappa shape index (κ2) is 18.9. The smallest absolute Gasteiger partial charge is 0.321 e. The summed E-state index contributed by atoms with van der Waals surface area (Å²) in [6.07, 6.45) is 20.8. The summed E-state index contributed by atoms with van der Waals surface area (Å²) < 4.78 is 0. The topological polar surface area (TPSA) is 130 Å². The molecule has 2 rings (SSSR count). The standard InChI is InChI=1S/C29H45N5O4/c1-2-3-4-5-6-7-8-9-10-11-12-13-14-15-16-17-22-30-29(36)33-28-31-26(23-27(35)32-28)24-18-20-25(21-19-24)34(37)38/h18-21,23H,2-17,22H2,1H3,(H3,30,31,32,33,35,36). The number of carbonyl (C=O) groups is 1. The van der Waals surface area contributed by atoms with Crippen LogP contribution in [0, 0.1) is 10.1 Å². The Hall–Kier alpha value is -3.23. The first-order valence-corrected chi connectivity index (χ1v) is 14.4. The van der Waals surface area contributed by atoms with Crippen molar-refractivity contribution < 1.29 is 9.72 Å². The van der Waals surface area contributed by atoms with Crippen LogP contribution in [0.2, 0.25) is 0 Å². The van der Waals surface area contributed by atoms with Crippen LogP contribution in [0.15, 0.2) is 35.1 Å². The number of anilines is 1. The molecule has 9 nitrogen and oxygen atoms in total. The Labute approximate surface area is 226 Å². The molecule has 0 unspecified atom stereocenters. The van der Waals surface area contributed by atoms with E-state index in [1.807, 2.05) is 0 Å². The van der Waals surface area contributed by atoms with E-state index in [0.717, 1.165) is 12.8 Å². The van der Waals surface area contributed by atoms with E-state index in [1.54, 1.807) is 0 Å². The van der Waals surface area contributed by atoms with Gasteiger partial charge in [-0.2, -0.15) is 0 Å². The second-order valence-corrected chi connectivity index (χ2v) is 9.97. The number of hydrogen-bond acceptors (Lipinski definition) is 5. The fourth-order valence-electron chi connectivity index (χ4n) is 4.45. The van der Waals surface area contributed by atoms with E-state index < -0.39 is 16.5 Å². The summed E-state index contributed by atoms with van der Waals surface area (Å²) in [5, 5.41) is 16.2. The Morgan fingerprint density at radius 1 is 0.842 bits per heavy atom. The van der Waals surface area contributed by atoms with E-state index in [-0.39, 0.29) is 11.6 Å². The van der Waals surface area contributed by atoms with Crippen LogP contribution in [-0.4, -0.2) is 27.5 Å². The number of hydrogen-bond donors (Lipinski definition) is 3. The summed E-state index contributed by atoms with van der Waals surface area (Å²) in [6.45, 7) is 2.82. The summed E-state index contributed by atoms with van der Waals surface area (Å²) in [5.41, 5.74) is 0.377. The average Bonchev–Trinajstić information content (AvgIpc) is 2.90. The van der Waals surface area contributed by atoms with E-state index >= 15 is 0 Å². The molecule has 0 spiro atoms. The van der Waals surface area contributed by atoms with Gasteiger partial charge in [0.1, 0.15) is 0 Å². The predicted octanol–water partition coefficient (Wildman–Crippen LogP) is 7.73. The normalized spacial score (nSPS) is 10.9. The van der Waals surface area contributed by atoms with Crippen molar-refractivity contribution in [2.45, 2.75) is 110 Å². The number of benzene rings is 1. The number of nitro groups is 1. The van der Waals surface area contributed by atoms with E-state index in [9.17, 15) is 19.7 Å². The zero-order valence-corrected chi connectivity index (χ0v) is 22.9. The van der Waals surface area contributed by atoms with E-state index in [1.165, 1.54) is 120 Å². The van der Waals surface area contributed by atoms with Gasteiger partial charge in [-0.25, -0.2) is 9.78 Å². The van der Waals surface area contributed by atoms with Gasteiger partial charge >= 0.3 is 6.03 Å². The first-order chi connectivity index (χ1) is 18.5. The van der Waals surface area contributed by atoms with Crippen LogP contribution < -0.4 is 16.2 Å². The third-order valence-electron chi connectivity index (χ3n) is 6.66. The average molecular weight is 528 g/mol. The molecule has 2 aromatic rings. The number of aromatic nitrogens is 2. The number of nitro benzene ring substituents is 1. The Balaban J connectivity index is 1.51. The zero-order valence-electron chi connectivity index (χ0n) is 22.9. The zero-order chi connectivity index (χ0) is 27.4. The number of amides is 2.